The molecule has 1 aliphatic rings. The summed E-state index contributed by atoms with van der Waals surface area (Å²) in [4.78, 5) is 25.4. The number of nitrogens with zero attached hydrogens (tertiary/aromatic N) is 2. The van der Waals surface area contributed by atoms with Crippen molar-refractivity contribution in [2.75, 3.05) is 26.2 Å². The van der Waals surface area contributed by atoms with Crippen LogP contribution in [-0.2, 0) is 0 Å². The predicted molar refractivity (Wildman–Crippen MR) is 110 cm³/mol. The van der Waals surface area contributed by atoms with E-state index in [4.69, 9.17) is 13.6 Å². The molecule has 1 aromatic carbocycles. The van der Waals surface area contributed by atoms with Gasteiger partial charge in [-0.2, -0.15) is 0 Å². The normalized spacial score (nSPS) is 17.3. The Labute approximate surface area is 172 Å². The van der Waals surface area contributed by atoms with Crippen LogP contribution >= 0.6 is 0 Å². The van der Waals surface area contributed by atoms with Gasteiger partial charge in [0.25, 0.3) is 5.58 Å². The molecule has 0 amide bonds. The van der Waals surface area contributed by atoms with E-state index in [1.807, 2.05) is 12.1 Å². The van der Waals surface area contributed by atoms with Gasteiger partial charge in [-0.05, 0) is 49.4 Å². The quantitative estimate of drug-likeness (QED) is 0.265. The SMILES string of the molecule is C[C@H]1CCCN(CCCOc2ccc(-c3cc[n+]([O-])c4oc(=O)c(=O)oc34)cc2)C1. The predicted octanol–water partition coefficient (Wildman–Crippen LogP) is 2.55. The number of hydrogen-bond donors (Lipinski definition) is 0. The van der Waals surface area contributed by atoms with Gasteiger partial charge in [-0.3, -0.25) is 0 Å². The summed E-state index contributed by atoms with van der Waals surface area (Å²) in [6, 6.07) is 8.75. The molecule has 30 heavy (non-hydrogen) atoms. The zero-order chi connectivity index (χ0) is 21.1. The second kappa shape index (κ2) is 8.71. The second-order valence-corrected chi connectivity index (χ2v) is 7.74. The van der Waals surface area contributed by atoms with Crippen LogP contribution in [0.3, 0.4) is 0 Å². The topological polar surface area (TPSA) is 99.8 Å². The Hall–Kier alpha value is -3.13. The van der Waals surface area contributed by atoms with Crippen molar-refractivity contribution in [3.05, 3.63) is 62.6 Å². The van der Waals surface area contributed by atoms with E-state index in [-0.39, 0.29) is 11.3 Å². The molecule has 8 heteroatoms. The Bertz CT molecular complexity index is 1140. The lowest BCUT2D eigenvalue weighted by Crippen LogP contribution is -2.35. The lowest BCUT2D eigenvalue weighted by molar-refractivity contribution is -0.585. The molecule has 0 N–H and O–H groups in total. The fourth-order valence-corrected chi connectivity index (χ4v) is 3.88. The maximum absolute atomic E-state index is 11.9. The average Bonchev–Trinajstić information content (AvgIpc) is 2.74. The van der Waals surface area contributed by atoms with Gasteiger partial charge in [-0.15, -0.1) is 4.73 Å². The Kier molecular flexibility index (Phi) is 5.85. The first-order valence-corrected chi connectivity index (χ1v) is 10.2. The summed E-state index contributed by atoms with van der Waals surface area (Å²) in [5, 5.41) is 11.9. The zero-order valence-corrected chi connectivity index (χ0v) is 16.8. The summed E-state index contributed by atoms with van der Waals surface area (Å²) < 4.78 is 16.0. The van der Waals surface area contributed by atoms with Gasteiger partial charge in [-0.1, -0.05) is 19.1 Å². The van der Waals surface area contributed by atoms with Gasteiger partial charge in [0.2, 0.25) is 0 Å². The van der Waals surface area contributed by atoms with Gasteiger partial charge < -0.3 is 23.7 Å². The highest BCUT2D eigenvalue weighted by atomic mass is 16.5. The minimum absolute atomic E-state index is 0.0680. The summed E-state index contributed by atoms with van der Waals surface area (Å²) >= 11 is 0. The Morgan fingerprint density at radius 1 is 1.17 bits per heavy atom. The van der Waals surface area contributed by atoms with Gasteiger partial charge in [0, 0.05) is 24.7 Å². The monoisotopic (exact) mass is 412 g/mol. The van der Waals surface area contributed by atoms with Crippen LogP contribution in [0.2, 0.25) is 0 Å². The van der Waals surface area contributed by atoms with Crippen molar-refractivity contribution in [2.45, 2.75) is 26.2 Å². The molecule has 1 aliphatic heterocycles. The number of likely N-dealkylation sites (tertiary alicyclic amines) is 1. The molecular weight excluding hydrogens is 388 g/mol. The Balaban J connectivity index is 1.43. The van der Waals surface area contributed by atoms with Crippen LogP contribution in [0, 0.1) is 11.1 Å². The fourth-order valence-electron chi connectivity index (χ4n) is 3.88. The number of piperidine rings is 1. The first kappa shape index (κ1) is 20.2. The van der Waals surface area contributed by atoms with Gasteiger partial charge in [0.1, 0.15) is 5.75 Å². The molecule has 1 fully saturated rings. The molecule has 3 heterocycles. The van der Waals surface area contributed by atoms with Crippen molar-refractivity contribution >= 4 is 11.3 Å². The number of aromatic nitrogens is 1. The van der Waals surface area contributed by atoms with Gasteiger partial charge in [0.15, 0.2) is 6.20 Å². The van der Waals surface area contributed by atoms with Crippen LogP contribution in [0.5, 0.6) is 5.75 Å². The maximum Gasteiger partial charge on any atom is 0.432 e. The molecule has 0 spiro atoms. The molecule has 2 aromatic heterocycles. The summed E-state index contributed by atoms with van der Waals surface area (Å²) in [6.07, 6.45) is 4.76. The van der Waals surface area contributed by atoms with Crippen molar-refractivity contribution in [1.29, 1.82) is 0 Å². The van der Waals surface area contributed by atoms with Crippen molar-refractivity contribution in [3.63, 3.8) is 0 Å². The fraction of sp³-hybridized carbons (Fsp3) is 0.409. The highest BCUT2D eigenvalue weighted by molar-refractivity contribution is 5.85. The first-order valence-electron chi connectivity index (χ1n) is 10.2. The standard InChI is InChI=1S/C22H24N2O6/c1-15-4-2-10-23(14-15)11-3-13-28-17-7-5-16(6-8-17)18-9-12-24(27)20-19(18)29-21(25)22(26)30-20/h5-9,12,15H,2-4,10-11,13-14H2,1H3/t15-/m0/s1. The highest BCUT2D eigenvalue weighted by Gasteiger charge is 2.19. The third kappa shape index (κ3) is 4.38. The maximum atomic E-state index is 11.9. The summed E-state index contributed by atoms with van der Waals surface area (Å²) in [6.45, 7) is 6.31. The van der Waals surface area contributed by atoms with E-state index in [1.54, 1.807) is 12.1 Å². The molecular formula is C22H24N2O6. The number of ether oxygens (including phenoxy) is 1. The van der Waals surface area contributed by atoms with E-state index in [1.165, 1.54) is 38.2 Å². The van der Waals surface area contributed by atoms with Crippen LogP contribution in [0.15, 0.2) is 55.0 Å². The van der Waals surface area contributed by atoms with Crippen LogP contribution < -0.4 is 20.7 Å². The second-order valence-electron chi connectivity index (χ2n) is 7.74. The number of hydrogen-bond acceptors (Lipinski definition) is 7. The highest BCUT2D eigenvalue weighted by Crippen LogP contribution is 2.27. The van der Waals surface area contributed by atoms with Crippen molar-refractivity contribution in [1.82, 2.24) is 4.90 Å². The summed E-state index contributed by atoms with van der Waals surface area (Å²) in [7, 11) is 0. The number of rotatable bonds is 6. The molecule has 158 valence electrons. The third-order valence-electron chi connectivity index (χ3n) is 5.36. The van der Waals surface area contributed by atoms with Crippen molar-refractivity contribution in [3.8, 4) is 16.9 Å². The summed E-state index contributed by atoms with van der Waals surface area (Å²) in [5.74, 6) is 1.51. The molecule has 4 rings (SSSR count). The smallest absolute Gasteiger partial charge is 0.432 e. The van der Waals surface area contributed by atoms with Gasteiger partial charge >= 0.3 is 17.0 Å². The van der Waals surface area contributed by atoms with Gasteiger partial charge in [0.05, 0.1) is 6.61 Å². The molecule has 3 aromatic rings. The molecule has 0 aliphatic carbocycles. The van der Waals surface area contributed by atoms with Crippen LogP contribution in [-0.4, -0.2) is 31.1 Å². The van der Waals surface area contributed by atoms with Gasteiger partial charge in [-0.25, -0.2) is 9.59 Å². The van der Waals surface area contributed by atoms with E-state index in [9.17, 15) is 14.8 Å². The molecule has 1 saturated heterocycles. The van der Waals surface area contributed by atoms with Crippen LogP contribution in [0.25, 0.3) is 22.4 Å². The molecule has 0 unspecified atom stereocenters. The van der Waals surface area contributed by atoms with E-state index >= 15 is 0 Å². The van der Waals surface area contributed by atoms with Crippen LogP contribution in [0.4, 0.5) is 0 Å². The molecule has 0 radical (unpaired) electrons. The third-order valence-corrected chi connectivity index (χ3v) is 5.36. The summed E-state index contributed by atoms with van der Waals surface area (Å²) in [5.41, 5.74) is -1.60. The molecule has 0 bridgehead atoms. The van der Waals surface area contributed by atoms with Crippen molar-refractivity contribution < 1.29 is 18.3 Å². The molecule has 8 nitrogen and oxygen atoms in total. The average molecular weight is 412 g/mol. The lowest BCUT2D eigenvalue weighted by atomic mass is 10.0. The lowest BCUT2D eigenvalue weighted by Gasteiger charge is -2.30. The number of benzene rings is 1. The van der Waals surface area contributed by atoms with Crippen LogP contribution in [0.1, 0.15) is 26.2 Å². The molecule has 0 saturated carbocycles. The Morgan fingerprint density at radius 3 is 2.70 bits per heavy atom. The number of pyridine rings is 1. The van der Waals surface area contributed by atoms with E-state index in [0.717, 1.165) is 24.6 Å². The minimum Gasteiger partial charge on any atom is -0.616 e. The number of fused-ring (bicyclic) bond motifs is 1. The van der Waals surface area contributed by atoms with E-state index in [0.29, 0.717) is 22.5 Å². The minimum atomic E-state index is -1.22. The molecule has 1 atom stereocenters. The van der Waals surface area contributed by atoms with E-state index in [2.05, 4.69) is 11.8 Å². The largest absolute Gasteiger partial charge is 0.616 e. The Morgan fingerprint density at radius 2 is 1.93 bits per heavy atom. The zero-order valence-electron chi connectivity index (χ0n) is 16.8. The van der Waals surface area contributed by atoms with Crippen molar-refractivity contribution in [2.24, 2.45) is 5.92 Å². The first-order chi connectivity index (χ1) is 14.5. The van der Waals surface area contributed by atoms with E-state index < -0.39 is 11.3 Å².